The van der Waals surface area contributed by atoms with Crippen molar-refractivity contribution in [3.8, 4) is 11.8 Å². The van der Waals surface area contributed by atoms with Gasteiger partial charge < -0.3 is 5.32 Å². The van der Waals surface area contributed by atoms with Crippen LogP contribution in [0.4, 0.5) is 13.2 Å². The SMILES string of the molecule is C[C@]1(C(=O)NCC#Cc2cccc(C(F)(F)F)c2)CC1(Cl)Cl. The second kappa shape index (κ2) is 5.68. The van der Waals surface area contributed by atoms with Gasteiger partial charge in [-0.2, -0.15) is 13.2 Å². The molecule has 1 amide bonds. The topological polar surface area (TPSA) is 29.1 Å². The van der Waals surface area contributed by atoms with Gasteiger partial charge in [0.05, 0.1) is 17.5 Å². The van der Waals surface area contributed by atoms with E-state index in [-0.39, 0.29) is 18.0 Å². The molecule has 118 valence electrons. The number of amides is 1. The van der Waals surface area contributed by atoms with Gasteiger partial charge in [0, 0.05) is 5.56 Å². The van der Waals surface area contributed by atoms with Crippen LogP contribution in [-0.2, 0) is 11.0 Å². The van der Waals surface area contributed by atoms with Crippen molar-refractivity contribution in [2.24, 2.45) is 5.41 Å². The zero-order valence-corrected chi connectivity index (χ0v) is 13.0. The number of carbonyl (C=O) groups is 1. The van der Waals surface area contributed by atoms with Crippen LogP contribution in [0.3, 0.4) is 0 Å². The number of rotatable bonds is 2. The maximum atomic E-state index is 12.5. The summed E-state index contributed by atoms with van der Waals surface area (Å²) in [6, 6.07) is 4.68. The molecule has 0 heterocycles. The maximum absolute atomic E-state index is 12.5. The van der Waals surface area contributed by atoms with Crippen LogP contribution < -0.4 is 5.32 Å². The zero-order valence-electron chi connectivity index (χ0n) is 11.5. The van der Waals surface area contributed by atoms with E-state index in [9.17, 15) is 18.0 Å². The third-order valence-corrected chi connectivity index (χ3v) is 4.62. The highest BCUT2D eigenvalue weighted by molar-refractivity contribution is 6.53. The highest BCUT2D eigenvalue weighted by Gasteiger charge is 2.67. The fraction of sp³-hybridized carbons (Fsp3) is 0.400. The third kappa shape index (κ3) is 3.50. The molecule has 0 aromatic heterocycles. The van der Waals surface area contributed by atoms with Gasteiger partial charge in [0.2, 0.25) is 5.91 Å². The van der Waals surface area contributed by atoms with Gasteiger partial charge in [0.1, 0.15) is 4.33 Å². The Morgan fingerprint density at radius 3 is 2.59 bits per heavy atom. The molecule has 0 radical (unpaired) electrons. The molecule has 1 aliphatic rings. The van der Waals surface area contributed by atoms with Gasteiger partial charge in [-0.25, -0.2) is 0 Å². The summed E-state index contributed by atoms with van der Waals surface area (Å²) in [7, 11) is 0. The lowest BCUT2D eigenvalue weighted by Gasteiger charge is -2.10. The van der Waals surface area contributed by atoms with Crippen molar-refractivity contribution in [3.63, 3.8) is 0 Å². The van der Waals surface area contributed by atoms with Crippen molar-refractivity contribution >= 4 is 29.1 Å². The summed E-state index contributed by atoms with van der Waals surface area (Å²) in [5.41, 5.74) is -1.37. The number of hydrogen-bond donors (Lipinski definition) is 1. The highest BCUT2D eigenvalue weighted by atomic mass is 35.5. The summed E-state index contributed by atoms with van der Waals surface area (Å²) < 4.78 is 36.6. The smallest absolute Gasteiger partial charge is 0.345 e. The number of alkyl halides is 5. The highest BCUT2D eigenvalue weighted by Crippen LogP contribution is 2.63. The van der Waals surface area contributed by atoms with E-state index in [2.05, 4.69) is 17.2 Å². The Kier molecular flexibility index (Phi) is 4.38. The molecule has 1 N–H and O–H groups in total. The predicted octanol–water partition coefficient (Wildman–Crippen LogP) is 3.76. The third-order valence-electron chi connectivity index (χ3n) is 3.52. The van der Waals surface area contributed by atoms with Crippen LogP contribution in [0.5, 0.6) is 0 Å². The summed E-state index contributed by atoms with van der Waals surface area (Å²) in [4.78, 5) is 11.8. The lowest BCUT2D eigenvalue weighted by atomic mass is 10.1. The van der Waals surface area contributed by atoms with Crippen LogP contribution in [-0.4, -0.2) is 16.8 Å². The van der Waals surface area contributed by atoms with Crippen LogP contribution in [0.15, 0.2) is 24.3 Å². The minimum absolute atomic E-state index is 0.00846. The molecule has 0 saturated heterocycles. The quantitative estimate of drug-likeness (QED) is 0.639. The molecule has 1 atom stereocenters. The van der Waals surface area contributed by atoms with Crippen molar-refractivity contribution in [2.45, 2.75) is 23.9 Å². The molecule has 2 nitrogen and oxygen atoms in total. The average Bonchev–Trinajstić information content (AvgIpc) is 2.94. The molecule has 2 rings (SSSR count). The molecule has 0 bridgehead atoms. The Labute approximate surface area is 136 Å². The minimum Gasteiger partial charge on any atom is -0.345 e. The van der Waals surface area contributed by atoms with Gasteiger partial charge >= 0.3 is 6.18 Å². The van der Waals surface area contributed by atoms with E-state index in [1.807, 2.05) is 0 Å². The Balaban J connectivity index is 1.94. The number of benzene rings is 1. The summed E-state index contributed by atoms with van der Waals surface area (Å²) in [5, 5.41) is 2.55. The van der Waals surface area contributed by atoms with Gasteiger partial charge in [-0.1, -0.05) is 17.9 Å². The van der Waals surface area contributed by atoms with Crippen LogP contribution in [0.2, 0.25) is 0 Å². The second-order valence-electron chi connectivity index (χ2n) is 5.28. The standard InChI is InChI=1S/C15H12Cl2F3NO/c1-13(9-14(13,16)17)12(22)21-7-3-5-10-4-2-6-11(8-10)15(18,19)20/h2,4,6,8H,7,9H2,1H3,(H,21,22)/t13-/m1/s1. The summed E-state index contributed by atoms with van der Waals surface area (Å²) in [6.07, 6.45) is -4.05. The molecular formula is C15H12Cl2F3NO. The van der Waals surface area contributed by atoms with Gasteiger partial charge in [0.25, 0.3) is 0 Å². The van der Waals surface area contributed by atoms with Crippen molar-refractivity contribution < 1.29 is 18.0 Å². The first-order valence-electron chi connectivity index (χ1n) is 6.38. The first kappa shape index (κ1) is 17.0. The largest absolute Gasteiger partial charge is 0.416 e. The summed E-state index contributed by atoms with van der Waals surface area (Å²) >= 11 is 11.7. The zero-order chi connectivity index (χ0) is 16.6. The van der Waals surface area contributed by atoms with E-state index >= 15 is 0 Å². The molecule has 1 aromatic rings. The fourth-order valence-corrected chi connectivity index (χ4v) is 2.59. The van der Waals surface area contributed by atoms with Gasteiger partial charge in [0.15, 0.2) is 0 Å². The average molecular weight is 350 g/mol. The Morgan fingerprint density at radius 1 is 1.41 bits per heavy atom. The molecule has 0 spiro atoms. The number of carbonyl (C=O) groups excluding carboxylic acids is 1. The molecule has 1 fully saturated rings. The maximum Gasteiger partial charge on any atom is 0.416 e. The molecule has 0 aliphatic heterocycles. The number of hydrogen-bond acceptors (Lipinski definition) is 1. The van der Waals surface area contributed by atoms with Crippen molar-refractivity contribution in [1.29, 1.82) is 0 Å². The molecule has 7 heteroatoms. The molecule has 1 saturated carbocycles. The van der Waals surface area contributed by atoms with Crippen LogP contribution in [0.1, 0.15) is 24.5 Å². The number of nitrogens with one attached hydrogen (secondary N) is 1. The van der Waals surface area contributed by atoms with Crippen molar-refractivity contribution in [3.05, 3.63) is 35.4 Å². The fourth-order valence-electron chi connectivity index (χ4n) is 1.89. The van der Waals surface area contributed by atoms with E-state index < -0.39 is 21.5 Å². The van der Waals surface area contributed by atoms with Gasteiger partial charge in [-0.15, -0.1) is 23.2 Å². The van der Waals surface area contributed by atoms with E-state index in [0.717, 1.165) is 12.1 Å². The summed E-state index contributed by atoms with van der Waals surface area (Å²) in [6.45, 7) is 1.65. The lowest BCUT2D eigenvalue weighted by Crippen LogP contribution is -2.33. The molecule has 22 heavy (non-hydrogen) atoms. The Hall–Kier alpha value is -1.38. The molecule has 1 aromatic carbocycles. The second-order valence-corrected chi connectivity index (χ2v) is 6.76. The van der Waals surface area contributed by atoms with E-state index in [0.29, 0.717) is 6.42 Å². The van der Waals surface area contributed by atoms with E-state index in [4.69, 9.17) is 23.2 Å². The lowest BCUT2D eigenvalue weighted by molar-refractivity contribution is -0.137. The normalized spacial score (nSPS) is 22.5. The van der Waals surface area contributed by atoms with Gasteiger partial charge in [-0.05, 0) is 31.5 Å². The number of halogens is 5. The molecule has 0 unspecified atom stereocenters. The monoisotopic (exact) mass is 349 g/mol. The Bertz CT molecular complexity index is 661. The van der Waals surface area contributed by atoms with E-state index in [1.54, 1.807) is 6.92 Å². The van der Waals surface area contributed by atoms with Crippen LogP contribution >= 0.6 is 23.2 Å². The van der Waals surface area contributed by atoms with Gasteiger partial charge in [-0.3, -0.25) is 4.79 Å². The minimum atomic E-state index is -4.41. The van der Waals surface area contributed by atoms with Crippen molar-refractivity contribution in [2.75, 3.05) is 6.54 Å². The summed E-state index contributed by atoms with van der Waals surface area (Å²) in [5.74, 6) is 4.85. The van der Waals surface area contributed by atoms with Crippen LogP contribution in [0.25, 0.3) is 0 Å². The first-order chi connectivity index (χ1) is 10.1. The van der Waals surface area contributed by atoms with Crippen molar-refractivity contribution in [1.82, 2.24) is 5.32 Å². The van der Waals surface area contributed by atoms with Crippen LogP contribution in [0, 0.1) is 17.3 Å². The predicted molar refractivity (Wildman–Crippen MR) is 78.5 cm³/mol. The first-order valence-corrected chi connectivity index (χ1v) is 7.14. The molecular weight excluding hydrogens is 338 g/mol. The Morgan fingerprint density at radius 2 is 2.05 bits per heavy atom. The molecule has 1 aliphatic carbocycles. The van der Waals surface area contributed by atoms with E-state index in [1.165, 1.54) is 12.1 Å².